The van der Waals surface area contributed by atoms with Crippen LogP contribution in [0.5, 0.6) is 0 Å². The number of amides is 1. The van der Waals surface area contributed by atoms with Crippen LogP contribution in [-0.4, -0.2) is 28.8 Å². The van der Waals surface area contributed by atoms with Gasteiger partial charge < -0.3 is 10.6 Å². The van der Waals surface area contributed by atoms with E-state index in [4.69, 9.17) is 0 Å². The number of carbonyl (C=O) groups is 1. The molecule has 1 atom stereocenters. The Labute approximate surface area is 114 Å². The first-order valence-electron chi connectivity index (χ1n) is 7.08. The van der Waals surface area contributed by atoms with Crippen LogP contribution in [0.25, 0.3) is 0 Å². The molecule has 1 aromatic heterocycles. The Kier molecular flexibility index (Phi) is 4.58. The molecule has 0 aromatic carbocycles. The minimum atomic E-state index is 0.102. The van der Waals surface area contributed by atoms with Gasteiger partial charge in [-0.3, -0.25) is 9.48 Å². The van der Waals surface area contributed by atoms with Gasteiger partial charge >= 0.3 is 0 Å². The first-order valence-corrected chi connectivity index (χ1v) is 7.08. The van der Waals surface area contributed by atoms with E-state index in [1.807, 2.05) is 20.9 Å². The molecule has 5 heteroatoms. The fourth-order valence-corrected chi connectivity index (χ4v) is 2.66. The number of nitrogens with one attached hydrogen (secondary N) is 2. The first kappa shape index (κ1) is 14.1. The number of piperidine rings is 1. The van der Waals surface area contributed by atoms with Crippen molar-refractivity contribution in [3.8, 4) is 0 Å². The van der Waals surface area contributed by atoms with Gasteiger partial charge in [-0.05, 0) is 52.1 Å². The van der Waals surface area contributed by atoms with Crippen molar-refractivity contribution in [2.24, 2.45) is 13.0 Å². The van der Waals surface area contributed by atoms with E-state index >= 15 is 0 Å². The maximum Gasteiger partial charge on any atom is 0.224 e. The Morgan fingerprint density at radius 3 is 2.89 bits per heavy atom. The second-order valence-corrected chi connectivity index (χ2v) is 5.47. The molecular formula is C14H24N4O. The number of aryl methyl sites for hydroxylation is 2. The molecule has 1 fully saturated rings. The van der Waals surface area contributed by atoms with Crippen molar-refractivity contribution in [1.29, 1.82) is 0 Å². The van der Waals surface area contributed by atoms with E-state index in [0.29, 0.717) is 12.3 Å². The van der Waals surface area contributed by atoms with Gasteiger partial charge in [-0.2, -0.15) is 5.10 Å². The molecule has 1 aromatic rings. The molecule has 1 saturated heterocycles. The third-order valence-corrected chi connectivity index (χ3v) is 3.95. The van der Waals surface area contributed by atoms with Crippen LogP contribution >= 0.6 is 0 Å². The van der Waals surface area contributed by atoms with Crippen LogP contribution in [0.15, 0.2) is 0 Å². The van der Waals surface area contributed by atoms with Gasteiger partial charge in [0.15, 0.2) is 0 Å². The number of rotatable bonds is 4. The fraction of sp³-hybridized carbons (Fsp3) is 0.714. The minimum Gasteiger partial charge on any atom is -0.323 e. The van der Waals surface area contributed by atoms with Gasteiger partial charge in [0.25, 0.3) is 0 Å². The lowest BCUT2D eigenvalue weighted by atomic mass is 9.94. The van der Waals surface area contributed by atoms with Gasteiger partial charge in [0.05, 0.1) is 17.1 Å². The van der Waals surface area contributed by atoms with E-state index in [9.17, 15) is 4.79 Å². The minimum absolute atomic E-state index is 0.102. The van der Waals surface area contributed by atoms with Crippen LogP contribution in [0, 0.1) is 19.8 Å². The summed E-state index contributed by atoms with van der Waals surface area (Å²) in [5.74, 6) is 0.750. The van der Waals surface area contributed by atoms with Crippen molar-refractivity contribution in [1.82, 2.24) is 15.1 Å². The summed E-state index contributed by atoms with van der Waals surface area (Å²) in [6.45, 7) is 6.07. The summed E-state index contributed by atoms with van der Waals surface area (Å²) in [6, 6.07) is 0. The molecule has 1 unspecified atom stereocenters. The number of anilines is 1. The van der Waals surface area contributed by atoms with E-state index in [2.05, 4.69) is 15.7 Å². The molecule has 0 aliphatic carbocycles. The molecule has 1 amide bonds. The molecule has 2 N–H and O–H groups in total. The molecule has 0 saturated carbocycles. The van der Waals surface area contributed by atoms with Crippen LogP contribution in [-0.2, 0) is 11.8 Å². The van der Waals surface area contributed by atoms with E-state index in [1.54, 1.807) is 4.68 Å². The van der Waals surface area contributed by atoms with Gasteiger partial charge in [0, 0.05) is 13.5 Å². The van der Waals surface area contributed by atoms with Crippen molar-refractivity contribution >= 4 is 11.6 Å². The number of aromatic nitrogens is 2. The summed E-state index contributed by atoms with van der Waals surface area (Å²) in [5, 5.41) is 10.7. The lowest BCUT2D eigenvalue weighted by molar-refractivity contribution is -0.116. The Morgan fingerprint density at radius 1 is 1.53 bits per heavy atom. The maximum atomic E-state index is 12.0. The average Bonchev–Trinajstić information content (AvgIpc) is 2.64. The predicted molar refractivity (Wildman–Crippen MR) is 76.1 cm³/mol. The number of hydrogen-bond acceptors (Lipinski definition) is 3. The molecule has 0 bridgehead atoms. The molecule has 2 rings (SSSR count). The van der Waals surface area contributed by atoms with E-state index in [0.717, 1.165) is 36.6 Å². The molecule has 2 heterocycles. The second kappa shape index (κ2) is 6.19. The van der Waals surface area contributed by atoms with Gasteiger partial charge in [-0.1, -0.05) is 0 Å². The van der Waals surface area contributed by atoms with E-state index in [-0.39, 0.29) is 5.91 Å². The second-order valence-electron chi connectivity index (χ2n) is 5.47. The SMILES string of the molecule is Cc1nn(C)c(C)c1NC(=O)CCC1CCCNC1. The Bertz CT molecular complexity index is 447. The molecule has 5 nitrogen and oxygen atoms in total. The molecular weight excluding hydrogens is 240 g/mol. The van der Waals surface area contributed by atoms with Gasteiger partial charge in [0.2, 0.25) is 5.91 Å². The summed E-state index contributed by atoms with van der Waals surface area (Å²) in [6.07, 6.45) is 4.04. The van der Waals surface area contributed by atoms with Crippen LogP contribution in [0.1, 0.15) is 37.1 Å². The van der Waals surface area contributed by atoms with Gasteiger partial charge in [-0.25, -0.2) is 0 Å². The Morgan fingerprint density at radius 2 is 2.32 bits per heavy atom. The van der Waals surface area contributed by atoms with Crippen molar-refractivity contribution in [2.45, 2.75) is 39.5 Å². The molecule has 1 aliphatic rings. The monoisotopic (exact) mass is 264 g/mol. The van der Waals surface area contributed by atoms with Crippen molar-refractivity contribution < 1.29 is 4.79 Å². The normalized spacial score (nSPS) is 19.4. The van der Waals surface area contributed by atoms with Crippen LogP contribution in [0.4, 0.5) is 5.69 Å². The van der Waals surface area contributed by atoms with Gasteiger partial charge in [0.1, 0.15) is 0 Å². The topological polar surface area (TPSA) is 59.0 Å². The average molecular weight is 264 g/mol. The zero-order valence-corrected chi connectivity index (χ0v) is 12.1. The first-order chi connectivity index (χ1) is 9.08. The third-order valence-electron chi connectivity index (χ3n) is 3.95. The number of carbonyl (C=O) groups excluding carboxylic acids is 1. The zero-order valence-electron chi connectivity index (χ0n) is 12.1. The third kappa shape index (κ3) is 3.56. The Hall–Kier alpha value is -1.36. The van der Waals surface area contributed by atoms with E-state index < -0.39 is 0 Å². The molecule has 0 spiro atoms. The van der Waals surface area contributed by atoms with Crippen molar-refractivity contribution in [3.63, 3.8) is 0 Å². The summed E-state index contributed by atoms with van der Waals surface area (Å²) in [7, 11) is 1.89. The number of nitrogens with zero attached hydrogens (tertiary/aromatic N) is 2. The Balaban J connectivity index is 1.83. The molecule has 19 heavy (non-hydrogen) atoms. The van der Waals surface area contributed by atoms with Crippen LogP contribution in [0.2, 0.25) is 0 Å². The fourth-order valence-electron chi connectivity index (χ4n) is 2.66. The maximum absolute atomic E-state index is 12.0. The van der Waals surface area contributed by atoms with Crippen LogP contribution in [0.3, 0.4) is 0 Å². The zero-order chi connectivity index (χ0) is 13.8. The standard InChI is InChI=1S/C14H24N4O/c1-10-14(11(2)18(3)17-10)16-13(19)7-6-12-5-4-8-15-9-12/h12,15H,4-9H2,1-3H3,(H,16,19). The highest BCUT2D eigenvalue weighted by molar-refractivity contribution is 5.91. The van der Waals surface area contributed by atoms with Gasteiger partial charge in [-0.15, -0.1) is 0 Å². The highest BCUT2D eigenvalue weighted by Crippen LogP contribution is 2.20. The predicted octanol–water partition coefficient (Wildman–Crippen LogP) is 1.76. The van der Waals surface area contributed by atoms with Crippen LogP contribution < -0.4 is 10.6 Å². The summed E-state index contributed by atoms with van der Waals surface area (Å²) >= 11 is 0. The lowest BCUT2D eigenvalue weighted by Crippen LogP contribution is -2.30. The number of hydrogen-bond donors (Lipinski definition) is 2. The lowest BCUT2D eigenvalue weighted by Gasteiger charge is -2.22. The summed E-state index contributed by atoms with van der Waals surface area (Å²) in [4.78, 5) is 12.0. The highest BCUT2D eigenvalue weighted by Gasteiger charge is 2.16. The summed E-state index contributed by atoms with van der Waals surface area (Å²) in [5.41, 5.74) is 2.76. The largest absolute Gasteiger partial charge is 0.323 e. The molecule has 106 valence electrons. The molecule has 0 radical (unpaired) electrons. The summed E-state index contributed by atoms with van der Waals surface area (Å²) < 4.78 is 1.80. The molecule has 1 aliphatic heterocycles. The quantitative estimate of drug-likeness (QED) is 0.871. The van der Waals surface area contributed by atoms with Crippen molar-refractivity contribution in [3.05, 3.63) is 11.4 Å². The van der Waals surface area contributed by atoms with E-state index in [1.165, 1.54) is 12.8 Å². The highest BCUT2D eigenvalue weighted by atomic mass is 16.1. The van der Waals surface area contributed by atoms with Crippen molar-refractivity contribution in [2.75, 3.05) is 18.4 Å². The smallest absolute Gasteiger partial charge is 0.224 e.